The van der Waals surface area contributed by atoms with Crippen molar-refractivity contribution in [3.63, 3.8) is 0 Å². The molecule has 7 nitrogen and oxygen atoms in total. The molecule has 3 aromatic rings. The second-order valence-electron chi connectivity index (χ2n) is 8.21. The maximum atomic E-state index is 12.6. The fourth-order valence-corrected chi connectivity index (χ4v) is 4.70. The van der Waals surface area contributed by atoms with Crippen molar-refractivity contribution < 1.29 is 14.0 Å². The van der Waals surface area contributed by atoms with Gasteiger partial charge in [0.2, 0.25) is 11.8 Å². The summed E-state index contributed by atoms with van der Waals surface area (Å²) in [6, 6.07) is 11.0. The van der Waals surface area contributed by atoms with Gasteiger partial charge in [-0.15, -0.1) is 11.8 Å². The highest BCUT2D eigenvalue weighted by atomic mass is 32.2. The lowest BCUT2D eigenvalue weighted by atomic mass is 10.0. The molecule has 2 heterocycles. The van der Waals surface area contributed by atoms with Crippen molar-refractivity contribution in [1.82, 2.24) is 15.3 Å². The predicted molar refractivity (Wildman–Crippen MR) is 129 cm³/mol. The third kappa shape index (κ3) is 5.63. The van der Waals surface area contributed by atoms with E-state index in [0.717, 1.165) is 18.4 Å². The van der Waals surface area contributed by atoms with E-state index in [0.29, 0.717) is 46.0 Å². The van der Waals surface area contributed by atoms with E-state index in [2.05, 4.69) is 20.6 Å². The molecule has 2 amide bonds. The lowest BCUT2D eigenvalue weighted by molar-refractivity contribution is -0.117. The van der Waals surface area contributed by atoms with Crippen molar-refractivity contribution in [3.8, 4) is 11.5 Å². The van der Waals surface area contributed by atoms with Crippen LogP contribution in [0, 0.1) is 12.8 Å². The number of pyridine rings is 1. The molecule has 2 N–H and O–H groups in total. The number of nitrogens with zero attached hydrogens (tertiary/aromatic N) is 2. The zero-order valence-electron chi connectivity index (χ0n) is 18.9. The number of hydrogen-bond acceptors (Lipinski definition) is 6. The van der Waals surface area contributed by atoms with Gasteiger partial charge in [0.05, 0.1) is 23.4 Å². The molecule has 1 aromatic carbocycles. The summed E-state index contributed by atoms with van der Waals surface area (Å²) >= 11 is 1.43. The van der Waals surface area contributed by atoms with Crippen molar-refractivity contribution in [1.29, 1.82) is 0 Å². The van der Waals surface area contributed by atoms with Gasteiger partial charge in [0.15, 0.2) is 0 Å². The van der Waals surface area contributed by atoms with Gasteiger partial charge in [-0.25, -0.2) is 9.97 Å². The Balaban J connectivity index is 1.46. The number of benzene rings is 1. The lowest BCUT2D eigenvalue weighted by Gasteiger charge is -2.11. The van der Waals surface area contributed by atoms with Gasteiger partial charge < -0.3 is 15.1 Å². The molecule has 0 bridgehead atoms. The molecule has 0 aliphatic heterocycles. The van der Waals surface area contributed by atoms with Crippen molar-refractivity contribution in [2.45, 2.75) is 50.6 Å². The number of anilines is 1. The molecule has 4 rings (SSSR count). The summed E-state index contributed by atoms with van der Waals surface area (Å²) in [5.74, 6) is 1.32. The van der Waals surface area contributed by atoms with Crippen LogP contribution in [0.4, 0.5) is 5.69 Å². The first kappa shape index (κ1) is 23.0. The predicted octanol–water partition coefficient (Wildman–Crippen LogP) is 5.22. The zero-order chi connectivity index (χ0) is 23.2. The Hall–Kier alpha value is -3.13. The van der Waals surface area contributed by atoms with E-state index in [-0.39, 0.29) is 18.4 Å². The molecule has 1 saturated carbocycles. The van der Waals surface area contributed by atoms with Crippen LogP contribution in [0.5, 0.6) is 0 Å². The standard InChI is InChI=1S/C25H28N4O3S/c1-16-21(15-27-23(31)19-11-7-13-26-25(19)33-2)29-24(32-16)18-10-5-6-12-20(18)28-22(30)14-17-8-3-4-9-17/h5-7,10-13,17H,3-4,8-9,14-15H2,1-2H3,(H,27,31)(H,28,30). The molecule has 0 saturated heterocycles. The van der Waals surface area contributed by atoms with Crippen molar-refractivity contribution >= 4 is 29.3 Å². The Kier molecular flexibility index (Phi) is 7.44. The first-order valence-electron chi connectivity index (χ1n) is 11.2. The molecule has 0 radical (unpaired) electrons. The summed E-state index contributed by atoms with van der Waals surface area (Å²) in [6.07, 6.45) is 8.77. The van der Waals surface area contributed by atoms with E-state index in [1.807, 2.05) is 37.4 Å². The minimum atomic E-state index is -0.212. The van der Waals surface area contributed by atoms with Gasteiger partial charge in [0, 0.05) is 12.6 Å². The summed E-state index contributed by atoms with van der Waals surface area (Å²) in [4.78, 5) is 34.0. The molecular weight excluding hydrogens is 436 g/mol. The number of nitrogens with one attached hydrogen (secondary N) is 2. The smallest absolute Gasteiger partial charge is 0.254 e. The van der Waals surface area contributed by atoms with Crippen LogP contribution in [0.2, 0.25) is 0 Å². The molecule has 0 spiro atoms. The van der Waals surface area contributed by atoms with Crippen LogP contribution in [0.1, 0.15) is 53.9 Å². The first-order valence-corrected chi connectivity index (χ1v) is 12.4. The summed E-state index contributed by atoms with van der Waals surface area (Å²) < 4.78 is 5.91. The topological polar surface area (TPSA) is 97.1 Å². The molecule has 8 heteroatoms. The zero-order valence-corrected chi connectivity index (χ0v) is 19.7. The number of para-hydroxylation sites is 1. The van der Waals surface area contributed by atoms with Crippen LogP contribution in [-0.2, 0) is 11.3 Å². The Morgan fingerprint density at radius 1 is 1.15 bits per heavy atom. The molecule has 0 atom stereocenters. The number of carbonyl (C=O) groups is 2. The molecule has 2 aromatic heterocycles. The van der Waals surface area contributed by atoms with Crippen molar-refractivity contribution in [3.05, 3.63) is 59.6 Å². The molecule has 1 fully saturated rings. The highest BCUT2D eigenvalue weighted by molar-refractivity contribution is 7.98. The Bertz CT molecular complexity index is 1140. The normalized spacial score (nSPS) is 13.8. The van der Waals surface area contributed by atoms with E-state index >= 15 is 0 Å². The average Bonchev–Trinajstić information content (AvgIpc) is 3.47. The fraction of sp³-hybridized carbons (Fsp3) is 0.360. The number of rotatable bonds is 8. The lowest BCUT2D eigenvalue weighted by Crippen LogP contribution is -2.24. The maximum absolute atomic E-state index is 12.6. The van der Waals surface area contributed by atoms with Crippen LogP contribution in [0.15, 0.2) is 52.0 Å². The van der Waals surface area contributed by atoms with Gasteiger partial charge in [-0.1, -0.05) is 25.0 Å². The minimum absolute atomic E-state index is 0.0196. The number of oxazole rings is 1. The third-order valence-electron chi connectivity index (χ3n) is 5.90. The van der Waals surface area contributed by atoms with Gasteiger partial charge in [0.1, 0.15) is 16.5 Å². The Labute approximate surface area is 197 Å². The highest BCUT2D eigenvalue weighted by Gasteiger charge is 2.21. The number of amides is 2. The fourth-order valence-electron chi connectivity index (χ4n) is 4.15. The van der Waals surface area contributed by atoms with Crippen LogP contribution in [0.3, 0.4) is 0 Å². The second-order valence-corrected chi connectivity index (χ2v) is 9.01. The average molecular weight is 465 g/mol. The molecule has 0 unspecified atom stereocenters. The summed E-state index contributed by atoms with van der Waals surface area (Å²) in [6.45, 7) is 2.05. The van der Waals surface area contributed by atoms with Crippen LogP contribution in [0.25, 0.3) is 11.5 Å². The van der Waals surface area contributed by atoms with Gasteiger partial charge in [-0.3, -0.25) is 9.59 Å². The maximum Gasteiger partial charge on any atom is 0.254 e. The summed E-state index contributed by atoms with van der Waals surface area (Å²) in [7, 11) is 0. The SMILES string of the molecule is CSc1ncccc1C(=O)NCc1nc(-c2ccccc2NC(=O)CC2CCCC2)oc1C. The van der Waals surface area contributed by atoms with E-state index < -0.39 is 0 Å². The number of aryl methyl sites for hydroxylation is 1. The number of thioether (sulfide) groups is 1. The number of hydrogen-bond donors (Lipinski definition) is 2. The van der Waals surface area contributed by atoms with E-state index in [1.54, 1.807) is 18.3 Å². The second kappa shape index (κ2) is 10.7. The monoisotopic (exact) mass is 464 g/mol. The van der Waals surface area contributed by atoms with Crippen LogP contribution in [-0.4, -0.2) is 28.0 Å². The number of carbonyl (C=O) groups excluding carboxylic acids is 2. The largest absolute Gasteiger partial charge is 0.441 e. The molecule has 33 heavy (non-hydrogen) atoms. The van der Waals surface area contributed by atoms with E-state index in [1.165, 1.54) is 24.6 Å². The van der Waals surface area contributed by atoms with Gasteiger partial charge in [0.25, 0.3) is 5.91 Å². The van der Waals surface area contributed by atoms with E-state index in [9.17, 15) is 9.59 Å². The minimum Gasteiger partial charge on any atom is -0.441 e. The van der Waals surface area contributed by atoms with Crippen molar-refractivity contribution in [2.24, 2.45) is 5.92 Å². The van der Waals surface area contributed by atoms with Gasteiger partial charge >= 0.3 is 0 Å². The van der Waals surface area contributed by atoms with Crippen LogP contribution < -0.4 is 10.6 Å². The van der Waals surface area contributed by atoms with E-state index in [4.69, 9.17) is 4.42 Å². The van der Waals surface area contributed by atoms with Gasteiger partial charge in [-0.2, -0.15) is 0 Å². The molecule has 172 valence electrons. The Morgan fingerprint density at radius 3 is 2.73 bits per heavy atom. The highest BCUT2D eigenvalue weighted by Crippen LogP contribution is 2.31. The quantitative estimate of drug-likeness (QED) is 0.444. The molecule has 1 aliphatic rings. The molecule has 1 aliphatic carbocycles. The molecular formula is C25H28N4O3S. The van der Waals surface area contributed by atoms with Crippen LogP contribution >= 0.6 is 11.8 Å². The van der Waals surface area contributed by atoms with Gasteiger partial charge in [-0.05, 0) is 56.2 Å². The first-order chi connectivity index (χ1) is 16.0. The third-order valence-corrected chi connectivity index (χ3v) is 6.61. The summed E-state index contributed by atoms with van der Waals surface area (Å²) in [5, 5.41) is 6.61. The van der Waals surface area contributed by atoms with Crippen molar-refractivity contribution in [2.75, 3.05) is 11.6 Å². The number of aromatic nitrogens is 2. The Morgan fingerprint density at radius 2 is 1.94 bits per heavy atom. The summed E-state index contributed by atoms with van der Waals surface area (Å²) in [5.41, 5.74) is 2.56.